The summed E-state index contributed by atoms with van der Waals surface area (Å²) in [7, 11) is 2.53. The quantitative estimate of drug-likeness (QED) is 0.727. The summed E-state index contributed by atoms with van der Waals surface area (Å²) in [6.07, 6.45) is 3.73. The number of nitrogens with one attached hydrogen (secondary N) is 2. The summed E-state index contributed by atoms with van der Waals surface area (Å²) in [4.78, 5) is 23.3. The number of para-hydroxylation sites is 1. The second-order valence-corrected chi connectivity index (χ2v) is 5.39. The first-order valence-corrected chi connectivity index (χ1v) is 7.57. The monoisotopic (exact) mass is 305 g/mol. The molecule has 2 heterocycles. The Labute approximate surface area is 121 Å². The number of ether oxygens (including phenoxy) is 1. The van der Waals surface area contributed by atoms with Crippen molar-refractivity contribution in [2.24, 2.45) is 0 Å². The van der Waals surface area contributed by atoms with E-state index in [2.05, 4.69) is 24.2 Å². The van der Waals surface area contributed by atoms with Crippen molar-refractivity contribution < 1.29 is 4.74 Å². The second-order valence-electron chi connectivity index (χ2n) is 3.97. The van der Waals surface area contributed by atoms with E-state index in [9.17, 15) is 4.79 Å². The molecule has 0 saturated heterocycles. The van der Waals surface area contributed by atoms with Crippen LogP contribution in [0.25, 0.3) is 11.0 Å². The fraction of sp³-hybridized carbons (Fsp3) is 0.0769. The van der Waals surface area contributed by atoms with Crippen LogP contribution in [0.15, 0.2) is 51.4 Å². The highest BCUT2D eigenvalue weighted by Crippen LogP contribution is 2.37. The number of nitrogens with zero attached hydrogens (tertiary/aromatic N) is 1. The number of aromatic nitrogens is 3. The normalized spacial score (nSPS) is 10.8. The minimum atomic E-state index is -0.170. The summed E-state index contributed by atoms with van der Waals surface area (Å²) in [6.45, 7) is 0. The molecule has 0 aliphatic heterocycles. The maximum absolute atomic E-state index is 11.7. The average Bonchev–Trinajstić information content (AvgIpc) is 2.86. The van der Waals surface area contributed by atoms with E-state index < -0.39 is 0 Å². The molecule has 0 bridgehead atoms. The molecule has 2 N–H and O–H groups in total. The predicted octanol–water partition coefficient (Wildman–Crippen LogP) is 2.61. The number of H-pyrrole nitrogens is 2. The average molecular weight is 305 g/mol. The number of fused-ring (bicyclic) bond motifs is 1. The van der Waals surface area contributed by atoms with Gasteiger partial charge in [-0.1, -0.05) is 33.1 Å². The minimum absolute atomic E-state index is 0.170. The summed E-state index contributed by atoms with van der Waals surface area (Å²) in [5, 5.41) is 0. The molecular formula is C13H12N3O2PS. The maximum Gasteiger partial charge on any atom is 0.275 e. The number of aromatic amines is 2. The van der Waals surface area contributed by atoms with E-state index in [0.717, 1.165) is 15.5 Å². The molecule has 1 unspecified atom stereocenters. The van der Waals surface area contributed by atoms with Crippen molar-refractivity contribution in [3.63, 3.8) is 0 Å². The third-order valence-electron chi connectivity index (χ3n) is 2.74. The SMILES string of the molecule is O=c1[nH]cnc2c(Sc3ccccc3OCP)c[nH]c12. The molecule has 102 valence electrons. The molecule has 7 heteroatoms. The van der Waals surface area contributed by atoms with Gasteiger partial charge >= 0.3 is 0 Å². The van der Waals surface area contributed by atoms with E-state index in [4.69, 9.17) is 4.74 Å². The molecule has 0 saturated carbocycles. The highest BCUT2D eigenvalue weighted by molar-refractivity contribution is 7.99. The van der Waals surface area contributed by atoms with Crippen LogP contribution in [-0.2, 0) is 0 Å². The van der Waals surface area contributed by atoms with Crippen LogP contribution >= 0.6 is 21.0 Å². The molecular weight excluding hydrogens is 293 g/mol. The van der Waals surface area contributed by atoms with Crippen LogP contribution < -0.4 is 10.3 Å². The van der Waals surface area contributed by atoms with Gasteiger partial charge in [-0.3, -0.25) is 4.79 Å². The Bertz CT molecular complexity index is 799. The zero-order valence-electron chi connectivity index (χ0n) is 10.4. The predicted molar refractivity (Wildman–Crippen MR) is 82.5 cm³/mol. The van der Waals surface area contributed by atoms with Crippen molar-refractivity contribution >= 4 is 32.0 Å². The second kappa shape index (κ2) is 5.69. The highest BCUT2D eigenvalue weighted by Gasteiger charge is 2.11. The lowest BCUT2D eigenvalue weighted by molar-refractivity contribution is 0.383. The molecule has 3 aromatic rings. The Morgan fingerprint density at radius 3 is 2.95 bits per heavy atom. The Kier molecular flexibility index (Phi) is 3.76. The molecule has 0 spiro atoms. The van der Waals surface area contributed by atoms with Crippen molar-refractivity contribution in [1.29, 1.82) is 0 Å². The lowest BCUT2D eigenvalue weighted by Crippen LogP contribution is -2.05. The number of rotatable bonds is 4. The van der Waals surface area contributed by atoms with Crippen molar-refractivity contribution in [2.75, 3.05) is 6.35 Å². The fourth-order valence-corrected chi connectivity index (χ4v) is 3.03. The molecule has 0 fully saturated rings. The van der Waals surface area contributed by atoms with Crippen LogP contribution in [0.1, 0.15) is 0 Å². The van der Waals surface area contributed by atoms with E-state index in [0.29, 0.717) is 17.4 Å². The van der Waals surface area contributed by atoms with E-state index in [1.165, 1.54) is 18.1 Å². The van der Waals surface area contributed by atoms with Gasteiger partial charge in [0.05, 0.1) is 16.1 Å². The minimum Gasteiger partial charge on any atom is -0.489 e. The smallest absolute Gasteiger partial charge is 0.275 e. The standard InChI is InChI=1S/C13H12N3O2PS/c17-13-12-11(15-6-16-13)10(5-14-12)20-9-4-2-1-3-8(9)18-7-19/h1-6,14H,7,19H2,(H,15,16,17). The Morgan fingerprint density at radius 1 is 1.25 bits per heavy atom. The van der Waals surface area contributed by atoms with E-state index in [-0.39, 0.29) is 5.56 Å². The van der Waals surface area contributed by atoms with Crippen molar-refractivity contribution in [2.45, 2.75) is 9.79 Å². The molecule has 3 rings (SSSR count). The molecule has 0 radical (unpaired) electrons. The van der Waals surface area contributed by atoms with Crippen LogP contribution in [0.3, 0.4) is 0 Å². The molecule has 0 aliphatic carbocycles. The van der Waals surface area contributed by atoms with Crippen molar-refractivity contribution in [1.82, 2.24) is 15.0 Å². The van der Waals surface area contributed by atoms with Crippen LogP contribution in [0, 0.1) is 0 Å². The highest BCUT2D eigenvalue weighted by atomic mass is 32.2. The maximum atomic E-state index is 11.7. The van der Waals surface area contributed by atoms with Crippen LogP contribution in [-0.4, -0.2) is 21.3 Å². The van der Waals surface area contributed by atoms with E-state index >= 15 is 0 Å². The zero-order valence-corrected chi connectivity index (χ0v) is 12.4. The Morgan fingerprint density at radius 2 is 2.10 bits per heavy atom. The number of hydrogen-bond acceptors (Lipinski definition) is 4. The van der Waals surface area contributed by atoms with Gasteiger partial charge in [-0.05, 0) is 12.1 Å². The van der Waals surface area contributed by atoms with Gasteiger partial charge in [0, 0.05) is 6.20 Å². The Balaban J connectivity index is 2.02. The first-order chi connectivity index (χ1) is 9.79. The lowest BCUT2D eigenvalue weighted by Gasteiger charge is -2.08. The number of benzene rings is 1. The first-order valence-electron chi connectivity index (χ1n) is 5.94. The first kappa shape index (κ1) is 13.2. The number of hydrogen-bond donors (Lipinski definition) is 2. The fourth-order valence-electron chi connectivity index (χ4n) is 1.87. The van der Waals surface area contributed by atoms with Gasteiger partial charge in [0.15, 0.2) is 0 Å². The van der Waals surface area contributed by atoms with Crippen LogP contribution in [0.5, 0.6) is 5.75 Å². The van der Waals surface area contributed by atoms with E-state index in [1.54, 1.807) is 6.20 Å². The van der Waals surface area contributed by atoms with Gasteiger partial charge in [0.1, 0.15) is 23.1 Å². The summed E-state index contributed by atoms with van der Waals surface area (Å²) in [6, 6.07) is 7.78. The zero-order chi connectivity index (χ0) is 13.9. The van der Waals surface area contributed by atoms with Crippen LogP contribution in [0.2, 0.25) is 0 Å². The summed E-state index contributed by atoms with van der Waals surface area (Å²) in [5.74, 6) is 0.812. The van der Waals surface area contributed by atoms with Gasteiger partial charge in [0.25, 0.3) is 5.56 Å². The van der Waals surface area contributed by atoms with Gasteiger partial charge in [-0.25, -0.2) is 4.98 Å². The molecule has 2 aromatic heterocycles. The lowest BCUT2D eigenvalue weighted by atomic mass is 10.3. The summed E-state index contributed by atoms with van der Waals surface area (Å²) in [5.41, 5.74) is 0.982. The third-order valence-corrected chi connectivity index (χ3v) is 4.00. The van der Waals surface area contributed by atoms with Crippen molar-refractivity contribution in [3.05, 3.63) is 47.1 Å². The van der Waals surface area contributed by atoms with Gasteiger partial charge in [0.2, 0.25) is 0 Å². The molecule has 1 atom stereocenters. The topological polar surface area (TPSA) is 70.8 Å². The molecule has 20 heavy (non-hydrogen) atoms. The van der Waals surface area contributed by atoms with Gasteiger partial charge in [-0.15, -0.1) is 0 Å². The molecule has 5 nitrogen and oxygen atoms in total. The van der Waals surface area contributed by atoms with Gasteiger partial charge < -0.3 is 14.7 Å². The largest absolute Gasteiger partial charge is 0.489 e. The Hall–Kier alpha value is -1.78. The van der Waals surface area contributed by atoms with Gasteiger partial charge in [-0.2, -0.15) is 0 Å². The van der Waals surface area contributed by atoms with E-state index in [1.807, 2.05) is 24.3 Å². The molecule has 1 aromatic carbocycles. The molecule has 0 amide bonds. The third kappa shape index (κ3) is 2.44. The van der Waals surface area contributed by atoms with Crippen molar-refractivity contribution in [3.8, 4) is 5.75 Å². The van der Waals surface area contributed by atoms with Crippen LogP contribution in [0.4, 0.5) is 0 Å². The summed E-state index contributed by atoms with van der Waals surface area (Å²) < 4.78 is 5.57. The summed E-state index contributed by atoms with van der Waals surface area (Å²) >= 11 is 1.52. The molecule has 0 aliphatic rings.